The Labute approximate surface area is 108 Å². The Morgan fingerprint density at radius 2 is 1.89 bits per heavy atom. The maximum atomic E-state index is 12.0. The van der Waals surface area contributed by atoms with E-state index in [1.807, 2.05) is 0 Å². The molecule has 1 amide bonds. The monoisotopic (exact) mass is 256 g/mol. The highest BCUT2D eigenvalue weighted by Gasteiger charge is 2.27. The number of piperidine rings is 1. The highest BCUT2D eigenvalue weighted by atomic mass is 16.4. The molecule has 3 N–H and O–H groups in total. The Morgan fingerprint density at radius 3 is 2.33 bits per heavy atom. The van der Waals surface area contributed by atoms with Crippen LogP contribution in [0.4, 0.5) is 0 Å². The first-order valence-electron chi connectivity index (χ1n) is 6.68. The first-order valence-corrected chi connectivity index (χ1v) is 6.68. The number of carbonyl (C=O) groups excluding carboxylic acids is 1. The van der Waals surface area contributed by atoms with E-state index in [0.29, 0.717) is 11.8 Å². The van der Waals surface area contributed by atoms with E-state index in [4.69, 9.17) is 10.8 Å². The second kappa shape index (κ2) is 6.73. The third-order valence-electron chi connectivity index (χ3n) is 3.78. The van der Waals surface area contributed by atoms with Gasteiger partial charge in [-0.2, -0.15) is 0 Å². The lowest BCUT2D eigenvalue weighted by Gasteiger charge is -2.35. The predicted octanol–water partition coefficient (Wildman–Crippen LogP) is 1.07. The quantitative estimate of drug-likeness (QED) is 0.770. The molecule has 5 nitrogen and oxygen atoms in total. The number of hydrogen-bond donors (Lipinski definition) is 2. The number of likely N-dealkylation sites (tertiary alicyclic amines) is 1. The summed E-state index contributed by atoms with van der Waals surface area (Å²) >= 11 is 0. The predicted molar refractivity (Wildman–Crippen MR) is 69.0 cm³/mol. The van der Waals surface area contributed by atoms with Crippen LogP contribution in [0.15, 0.2) is 0 Å². The van der Waals surface area contributed by atoms with E-state index < -0.39 is 12.0 Å². The summed E-state index contributed by atoms with van der Waals surface area (Å²) in [6, 6.07) is -0.670. The SMILES string of the molecule is CC(C)C1CCN(C(=O)C(N)CCC(=O)O)CC1. The van der Waals surface area contributed by atoms with E-state index in [1.165, 1.54) is 0 Å². The van der Waals surface area contributed by atoms with Gasteiger partial charge in [-0.15, -0.1) is 0 Å². The maximum absolute atomic E-state index is 12.0. The molecule has 0 aromatic heterocycles. The largest absolute Gasteiger partial charge is 0.481 e. The van der Waals surface area contributed by atoms with E-state index in [-0.39, 0.29) is 18.7 Å². The minimum absolute atomic E-state index is 0.0463. The molecule has 104 valence electrons. The van der Waals surface area contributed by atoms with Crippen molar-refractivity contribution < 1.29 is 14.7 Å². The standard InChI is InChI=1S/C13H24N2O3/c1-9(2)10-5-7-15(8-6-10)13(18)11(14)3-4-12(16)17/h9-11H,3-8,14H2,1-2H3,(H,16,17). The number of rotatable bonds is 5. The molecule has 1 heterocycles. The van der Waals surface area contributed by atoms with Gasteiger partial charge in [-0.25, -0.2) is 0 Å². The molecule has 1 atom stereocenters. The van der Waals surface area contributed by atoms with Crippen LogP contribution in [-0.2, 0) is 9.59 Å². The van der Waals surface area contributed by atoms with Gasteiger partial charge in [0.2, 0.25) is 5.91 Å². The summed E-state index contributed by atoms with van der Waals surface area (Å²) in [5.74, 6) is 0.336. The van der Waals surface area contributed by atoms with Gasteiger partial charge in [-0.05, 0) is 31.1 Å². The van der Waals surface area contributed by atoms with Crippen LogP contribution in [0.1, 0.15) is 39.5 Å². The first-order chi connectivity index (χ1) is 8.41. The lowest BCUT2D eigenvalue weighted by molar-refractivity contribution is -0.138. The molecule has 1 rings (SSSR count). The summed E-state index contributed by atoms with van der Waals surface area (Å²) in [4.78, 5) is 24.2. The van der Waals surface area contributed by atoms with Crippen LogP contribution in [0.2, 0.25) is 0 Å². The van der Waals surface area contributed by atoms with E-state index >= 15 is 0 Å². The van der Waals surface area contributed by atoms with E-state index in [9.17, 15) is 9.59 Å². The van der Waals surface area contributed by atoms with Crippen molar-refractivity contribution in [2.24, 2.45) is 17.6 Å². The van der Waals surface area contributed by atoms with Gasteiger partial charge < -0.3 is 15.7 Å². The molecule has 0 bridgehead atoms. The third kappa shape index (κ3) is 4.29. The Balaban J connectivity index is 2.37. The highest BCUT2D eigenvalue weighted by molar-refractivity contribution is 5.82. The first kappa shape index (κ1) is 15.0. The number of carbonyl (C=O) groups is 2. The molecule has 0 aromatic carbocycles. The molecule has 1 unspecified atom stereocenters. The molecular weight excluding hydrogens is 232 g/mol. The number of hydrogen-bond acceptors (Lipinski definition) is 3. The van der Waals surface area contributed by atoms with Crippen molar-refractivity contribution in [1.82, 2.24) is 4.90 Å². The molecule has 1 saturated heterocycles. The van der Waals surface area contributed by atoms with Crippen molar-refractivity contribution in [1.29, 1.82) is 0 Å². The second-order valence-corrected chi connectivity index (χ2v) is 5.45. The minimum atomic E-state index is -0.906. The zero-order valence-corrected chi connectivity index (χ0v) is 11.3. The molecule has 1 aliphatic heterocycles. The van der Waals surface area contributed by atoms with Gasteiger partial charge in [0, 0.05) is 19.5 Å². The Morgan fingerprint density at radius 1 is 1.33 bits per heavy atom. The fraction of sp³-hybridized carbons (Fsp3) is 0.846. The van der Waals surface area contributed by atoms with Crippen LogP contribution in [-0.4, -0.2) is 41.0 Å². The van der Waals surface area contributed by atoms with Gasteiger partial charge in [-0.3, -0.25) is 9.59 Å². The van der Waals surface area contributed by atoms with Crippen LogP contribution in [0.5, 0.6) is 0 Å². The van der Waals surface area contributed by atoms with Crippen LogP contribution in [0.25, 0.3) is 0 Å². The second-order valence-electron chi connectivity index (χ2n) is 5.45. The third-order valence-corrected chi connectivity index (χ3v) is 3.78. The number of nitrogens with two attached hydrogens (primary N) is 1. The average Bonchev–Trinajstić information content (AvgIpc) is 2.35. The minimum Gasteiger partial charge on any atom is -0.481 e. The summed E-state index contributed by atoms with van der Waals surface area (Å²) in [7, 11) is 0. The number of amides is 1. The van der Waals surface area contributed by atoms with E-state index in [1.54, 1.807) is 4.90 Å². The van der Waals surface area contributed by atoms with Gasteiger partial charge in [-0.1, -0.05) is 13.8 Å². The molecular formula is C13H24N2O3. The number of aliphatic carboxylic acids is 1. The van der Waals surface area contributed by atoms with Crippen LogP contribution in [0.3, 0.4) is 0 Å². The fourth-order valence-corrected chi connectivity index (χ4v) is 2.42. The summed E-state index contributed by atoms with van der Waals surface area (Å²) in [6.07, 6.45) is 2.22. The maximum Gasteiger partial charge on any atom is 0.303 e. The molecule has 1 fully saturated rings. The molecule has 0 aromatic rings. The zero-order valence-electron chi connectivity index (χ0n) is 11.3. The Bertz CT molecular complexity index is 297. The van der Waals surface area contributed by atoms with Gasteiger partial charge in [0.15, 0.2) is 0 Å². The van der Waals surface area contributed by atoms with Crippen molar-refractivity contribution >= 4 is 11.9 Å². The van der Waals surface area contributed by atoms with Crippen molar-refractivity contribution in [2.45, 2.75) is 45.6 Å². The van der Waals surface area contributed by atoms with Crippen molar-refractivity contribution in [3.63, 3.8) is 0 Å². The van der Waals surface area contributed by atoms with Gasteiger partial charge in [0.25, 0.3) is 0 Å². The van der Waals surface area contributed by atoms with Gasteiger partial charge in [0.1, 0.15) is 0 Å². The number of carboxylic acids is 1. The summed E-state index contributed by atoms with van der Waals surface area (Å²) in [5.41, 5.74) is 5.74. The summed E-state index contributed by atoms with van der Waals surface area (Å²) in [5, 5.41) is 8.57. The van der Waals surface area contributed by atoms with Gasteiger partial charge >= 0.3 is 5.97 Å². The Kier molecular flexibility index (Phi) is 5.59. The van der Waals surface area contributed by atoms with Crippen molar-refractivity contribution in [3.8, 4) is 0 Å². The lowest BCUT2D eigenvalue weighted by atomic mass is 9.86. The lowest BCUT2D eigenvalue weighted by Crippen LogP contribution is -2.47. The van der Waals surface area contributed by atoms with Crippen LogP contribution >= 0.6 is 0 Å². The Hall–Kier alpha value is -1.10. The number of nitrogens with zero attached hydrogens (tertiary/aromatic N) is 1. The van der Waals surface area contributed by atoms with Crippen LogP contribution < -0.4 is 5.73 Å². The van der Waals surface area contributed by atoms with Gasteiger partial charge in [0.05, 0.1) is 6.04 Å². The molecule has 18 heavy (non-hydrogen) atoms. The fourth-order valence-electron chi connectivity index (χ4n) is 2.42. The smallest absolute Gasteiger partial charge is 0.303 e. The zero-order chi connectivity index (χ0) is 13.7. The summed E-state index contributed by atoms with van der Waals surface area (Å²) < 4.78 is 0. The molecule has 0 spiro atoms. The topological polar surface area (TPSA) is 83.6 Å². The van der Waals surface area contributed by atoms with Crippen molar-refractivity contribution in [3.05, 3.63) is 0 Å². The van der Waals surface area contributed by atoms with E-state index in [2.05, 4.69) is 13.8 Å². The normalized spacial score (nSPS) is 19.0. The molecule has 1 aliphatic rings. The van der Waals surface area contributed by atoms with Crippen molar-refractivity contribution in [2.75, 3.05) is 13.1 Å². The van der Waals surface area contributed by atoms with E-state index in [0.717, 1.165) is 25.9 Å². The molecule has 0 radical (unpaired) electrons. The molecule has 0 aliphatic carbocycles. The summed E-state index contributed by atoms with van der Waals surface area (Å²) in [6.45, 7) is 5.92. The average molecular weight is 256 g/mol. The van der Waals surface area contributed by atoms with Crippen LogP contribution in [0, 0.1) is 11.8 Å². The molecule has 0 saturated carbocycles. The number of carboxylic acid groups (broad SMARTS) is 1. The highest BCUT2D eigenvalue weighted by Crippen LogP contribution is 2.24. The molecule has 5 heteroatoms.